The van der Waals surface area contributed by atoms with E-state index in [-0.39, 0.29) is 11.7 Å². The molecular formula is C21H26N3O2P. The maximum Gasteiger partial charge on any atom is 0.252 e. The molecule has 1 saturated heterocycles. The molecule has 1 aromatic rings. The Morgan fingerprint density at radius 1 is 1.11 bits per heavy atom. The molecule has 1 amide bonds. The number of ether oxygens (including phenoxy) is 1. The molecule has 142 valence electrons. The van der Waals surface area contributed by atoms with E-state index in [1.165, 1.54) is 0 Å². The fraction of sp³-hybridized carbons (Fsp3) is 0.381. The van der Waals surface area contributed by atoms with Crippen molar-refractivity contribution in [2.45, 2.75) is 12.2 Å². The molecule has 6 heteroatoms. The molecule has 0 N–H and O–H groups in total. The minimum atomic E-state index is 0.0679. The molecule has 3 heterocycles. The first-order chi connectivity index (χ1) is 13.1. The molecule has 2 unspecified atom stereocenters. The highest BCUT2D eigenvalue weighted by Gasteiger charge is 2.29. The van der Waals surface area contributed by atoms with Crippen LogP contribution in [0.4, 0.5) is 0 Å². The number of likely N-dealkylation sites (N-methyl/N-ethyl adjacent to an activating group) is 1. The molecule has 3 aliphatic heterocycles. The minimum Gasteiger partial charge on any atom is -0.497 e. The Morgan fingerprint density at radius 3 is 2.70 bits per heavy atom. The lowest BCUT2D eigenvalue weighted by Crippen LogP contribution is -2.38. The van der Waals surface area contributed by atoms with Crippen molar-refractivity contribution in [2.75, 3.05) is 40.3 Å². The average Bonchev–Trinajstić information content (AvgIpc) is 2.92. The van der Waals surface area contributed by atoms with E-state index in [1.807, 2.05) is 35.4 Å². The van der Waals surface area contributed by atoms with Gasteiger partial charge in [-0.15, -0.1) is 0 Å². The third-order valence-corrected chi connectivity index (χ3v) is 6.84. The summed E-state index contributed by atoms with van der Waals surface area (Å²) in [6.07, 6.45) is 9.38. The van der Waals surface area contributed by atoms with Gasteiger partial charge in [0, 0.05) is 31.9 Å². The van der Waals surface area contributed by atoms with E-state index in [0.717, 1.165) is 54.9 Å². The first-order valence-electron chi connectivity index (χ1n) is 9.42. The lowest BCUT2D eigenvalue weighted by Gasteiger charge is -2.36. The topological polar surface area (TPSA) is 36.0 Å². The van der Waals surface area contributed by atoms with Gasteiger partial charge >= 0.3 is 0 Å². The second kappa shape index (κ2) is 7.87. The Bertz CT molecular complexity index is 800. The Balaban J connectivity index is 1.52. The van der Waals surface area contributed by atoms with Gasteiger partial charge in [0.2, 0.25) is 0 Å². The van der Waals surface area contributed by atoms with Gasteiger partial charge in [-0.2, -0.15) is 0 Å². The van der Waals surface area contributed by atoms with Crippen LogP contribution in [-0.4, -0.2) is 66.7 Å². The number of nitrogens with zero attached hydrogens (tertiary/aromatic N) is 3. The van der Waals surface area contributed by atoms with Crippen molar-refractivity contribution in [3.8, 4) is 5.75 Å². The Kier molecular flexibility index (Phi) is 5.33. The third-order valence-electron chi connectivity index (χ3n) is 5.33. The third kappa shape index (κ3) is 3.95. The number of amides is 1. The molecule has 1 aromatic carbocycles. The summed E-state index contributed by atoms with van der Waals surface area (Å²) < 4.78 is 5.23. The summed E-state index contributed by atoms with van der Waals surface area (Å²) in [6, 6.07) is 7.95. The largest absolute Gasteiger partial charge is 0.497 e. The van der Waals surface area contributed by atoms with Crippen LogP contribution < -0.4 is 4.74 Å². The number of hydrogen-bond acceptors (Lipinski definition) is 4. The standard InChI is InChI=1S/C21H26N3O2P/c1-22-10-3-11-23(13-12-22)17-6-9-21-24(15-17)20(25)14-19(27-21)16-4-7-18(26-2)8-5-16/h4-9,14-15,21,27H,3,10-13H2,1-2H3. The van der Waals surface area contributed by atoms with Crippen molar-refractivity contribution in [1.82, 2.24) is 14.7 Å². The zero-order valence-corrected chi connectivity index (χ0v) is 16.9. The van der Waals surface area contributed by atoms with Gasteiger partial charge in [-0.05, 0) is 49.1 Å². The number of fused-ring (bicyclic) bond motifs is 1. The monoisotopic (exact) mass is 383 g/mol. The first-order valence-corrected chi connectivity index (χ1v) is 10.5. The van der Waals surface area contributed by atoms with Crippen LogP contribution in [0.15, 0.2) is 54.4 Å². The normalized spacial score (nSPS) is 24.4. The van der Waals surface area contributed by atoms with Crippen LogP contribution in [0, 0.1) is 0 Å². The van der Waals surface area contributed by atoms with Gasteiger partial charge in [-0.25, -0.2) is 0 Å². The van der Waals surface area contributed by atoms with Crippen molar-refractivity contribution < 1.29 is 9.53 Å². The number of hydrogen-bond donors (Lipinski definition) is 0. The predicted octanol–water partition coefficient (Wildman–Crippen LogP) is 2.93. The van der Waals surface area contributed by atoms with Gasteiger partial charge in [-0.3, -0.25) is 4.79 Å². The van der Waals surface area contributed by atoms with Crippen molar-refractivity contribution >= 4 is 19.8 Å². The molecule has 0 bridgehead atoms. The number of methoxy groups -OCH3 is 1. The lowest BCUT2D eigenvalue weighted by molar-refractivity contribution is -0.123. The molecular weight excluding hydrogens is 357 g/mol. The SMILES string of the molecule is COc1ccc(C2=CC(=O)N3C=C(N4CCCN(C)CC4)C=CC3P2)cc1. The maximum atomic E-state index is 12.8. The highest BCUT2D eigenvalue weighted by atomic mass is 31.1. The van der Waals surface area contributed by atoms with Crippen molar-refractivity contribution in [3.63, 3.8) is 0 Å². The van der Waals surface area contributed by atoms with Crippen LogP contribution in [0.1, 0.15) is 12.0 Å². The highest BCUT2D eigenvalue weighted by Crippen LogP contribution is 2.44. The number of carbonyl (C=O) groups is 1. The summed E-state index contributed by atoms with van der Waals surface area (Å²) in [4.78, 5) is 19.5. The van der Waals surface area contributed by atoms with E-state index in [0.29, 0.717) is 8.58 Å². The Morgan fingerprint density at radius 2 is 1.93 bits per heavy atom. The molecule has 0 radical (unpaired) electrons. The molecule has 0 spiro atoms. The fourth-order valence-corrected chi connectivity index (χ4v) is 5.09. The van der Waals surface area contributed by atoms with E-state index in [1.54, 1.807) is 13.2 Å². The molecule has 2 atom stereocenters. The predicted molar refractivity (Wildman–Crippen MR) is 111 cm³/mol. The van der Waals surface area contributed by atoms with Gasteiger partial charge in [0.15, 0.2) is 0 Å². The van der Waals surface area contributed by atoms with Crippen LogP contribution in [0.5, 0.6) is 5.75 Å². The summed E-state index contributed by atoms with van der Waals surface area (Å²) in [7, 11) is 4.38. The van der Waals surface area contributed by atoms with E-state index in [9.17, 15) is 4.79 Å². The Hall–Kier alpha value is -2.10. The molecule has 0 aromatic heterocycles. The van der Waals surface area contributed by atoms with Gasteiger partial charge in [0.05, 0.1) is 18.6 Å². The van der Waals surface area contributed by atoms with E-state index in [4.69, 9.17) is 4.74 Å². The van der Waals surface area contributed by atoms with E-state index in [2.05, 4.69) is 29.0 Å². The van der Waals surface area contributed by atoms with E-state index < -0.39 is 0 Å². The molecule has 4 rings (SSSR count). The van der Waals surface area contributed by atoms with Gasteiger partial charge in [0.1, 0.15) is 5.75 Å². The van der Waals surface area contributed by atoms with Crippen molar-refractivity contribution in [1.29, 1.82) is 0 Å². The zero-order valence-electron chi connectivity index (χ0n) is 15.9. The molecule has 3 aliphatic rings. The van der Waals surface area contributed by atoms with Gasteiger partial charge in [-0.1, -0.05) is 26.8 Å². The van der Waals surface area contributed by atoms with Gasteiger partial charge < -0.3 is 19.4 Å². The summed E-state index contributed by atoms with van der Waals surface area (Å²) >= 11 is 0. The van der Waals surface area contributed by atoms with Crippen LogP contribution in [0.3, 0.4) is 0 Å². The van der Waals surface area contributed by atoms with Crippen LogP contribution in [0.25, 0.3) is 5.31 Å². The van der Waals surface area contributed by atoms with Gasteiger partial charge in [0.25, 0.3) is 5.91 Å². The summed E-state index contributed by atoms with van der Waals surface area (Å²) in [6.45, 7) is 4.25. The minimum absolute atomic E-state index is 0.0679. The highest BCUT2D eigenvalue weighted by molar-refractivity contribution is 7.51. The Labute approximate surface area is 162 Å². The zero-order chi connectivity index (χ0) is 18.8. The number of rotatable bonds is 3. The van der Waals surface area contributed by atoms with E-state index >= 15 is 0 Å². The average molecular weight is 383 g/mol. The number of carbonyl (C=O) groups excluding carboxylic acids is 1. The summed E-state index contributed by atoms with van der Waals surface area (Å²) in [5, 5.41) is 1.11. The first kappa shape index (κ1) is 18.3. The fourth-order valence-electron chi connectivity index (χ4n) is 3.69. The molecule has 5 nitrogen and oxygen atoms in total. The number of benzene rings is 1. The van der Waals surface area contributed by atoms with Crippen molar-refractivity contribution in [2.24, 2.45) is 0 Å². The summed E-state index contributed by atoms with van der Waals surface area (Å²) in [5.41, 5.74) is 2.25. The van der Waals surface area contributed by atoms with Crippen LogP contribution in [0.2, 0.25) is 0 Å². The van der Waals surface area contributed by atoms with Crippen molar-refractivity contribution in [3.05, 3.63) is 60.0 Å². The molecule has 0 saturated carbocycles. The number of allylic oxidation sites excluding steroid dienone is 1. The smallest absolute Gasteiger partial charge is 0.252 e. The molecule has 27 heavy (non-hydrogen) atoms. The quantitative estimate of drug-likeness (QED) is 0.752. The van der Waals surface area contributed by atoms with Crippen LogP contribution in [-0.2, 0) is 4.79 Å². The summed E-state index contributed by atoms with van der Waals surface area (Å²) in [5.74, 6) is 1.02. The molecule has 1 fully saturated rings. The lowest BCUT2D eigenvalue weighted by atomic mass is 10.2. The second-order valence-electron chi connectivity index (χ2n) is 7.18. The van der Waals surface area contributed by atoms with Crippen LogP contribution >= 0.6 is 8.58 Å². The maximum absolute atomic E-state index is 12.8. The second-order valence-corrected chi connectivity index (χ2v) is 8.60. The molecule has 0 aliphatic carbocycles.